The van der Waals surface area contributed by atoms with Gasteiger partial charge in [-0.2, -0.15) is 5.10 Å². The van der Waals surface area contributed by atoms with Crippen LogP contribution in [-0.2, 0) is 22.4 Å². The number of pyridine rings is 1. The Balaban J connectivity index is 1.39. The molecule has 0 radical (unpaired) electrons. The fourth-order valence-corrected chi connectivity index (χ4v) is 4.60. The summed E-state index contributed by atoms with van der Waals surface area (Å²) in [7, 11) is 0. The smallest absolute Gasteiger partial charge is 0.182 e. The minimum atomic E-state index is -0.703. The van der Waals surface area contributed by atoms with Crippen LogP contribution in [0.15, 0.2) is 67.1 Å². The highest BCUT2D eigenvalue weighted by molar-refractivity contribution is 5.91. The molecule has 0 atom stereocenters. The van der Waals surface area contributed by atoms with E-state index in [1.165, 1.54) is 12.1 Å². The predicted molar refractivity (Wildman–Crippen MR) is 144 cm³/mol. The van der Waals surface area contributed by atoms with Gasteiger partial charge in [0, 0.05) is 59.3 Å². The number of aromatic nitrogens is 5. The molecule has 40 heavy (non-hydrogen) atoms. The van der Waals surface area contributed by atoms with Gasteiger partial charge < -0.3 is 19.5 Å². The molecule has 11 heteroatoms. The van der Waals surface area contributed by atoms with Crippen molar-refractivity contribution in [1.82, 2.24) is 24.7 Å². The fourth-order valence-electron chi connectivity index (χ4n) is 4.60. The Morgan fingerprint density at radius 3 is 2.55 bits per heavy atom. The number of fused-ring (bicyclic) bond motifs is 1. The lowest BCUT2D eigenvalue weighted by molar-refractivity contribution is -0.0399. The van der Waals surface area contributed by atoms with Gasteiger partial charge in [-0.05, 0) is 25.1 Å². The summed E-state index contributed by atoms with van der Waals surface area (Å²) in [6.45, 7) is 3.01. The van der Waals surface area contributed by atoms with Gasteiger partial charge in [-0.15, -0.1) is 0 Å². The number of nitrogens with one attached hydrogen (secondary N) is 1. The zero-order chi connectivity index (χ0) is 27.5. The Morgan fingerprint density at radius 1 is 1.05 bits per heavy atom. The molecule has 0 spiro atoms. The van der Waals surface area contributed by atoms with Crippen LogP contribution in [0.3, 0.4) is 0 Å². The van der Waals surface area contributed by atoms with E-state index >= 15 is 0 Å². The van der Waals surface area contributed by atoms with Crippen LogP contribution in [0, 0.1) is 11.6 Å². The average molecular weight is 545 g/mol. The van der Waals surface area contributed by atoms with E-state index in [0.717, 1.165) is 16.6 Å². The highest BCUT2D eigenvalue weighted by Crippen LogP contribution is 2.30. The zero-order valence-corrected chi connectivity index (χ0v) is 21.7. The highest BCUT2D eigenvalue weighted by atomic mass is 19.1. The van der Waals surface area contributed by atoms with Crippen LogP contribution < -0.4 is 10.1 Å². The number of halogens is 2. The van der Waals surface area contributed by atoms with Gasteiger partial charge in [0.05, 0.1) is 31.9 Å². The Hall–Kier alpha value is -4.48. The lowest BCUT2D eigenvalue weighted by Gasteiger charge is -2.14. The maximum atomic E-state index is 14.9. The van der Waals surface area contributed by atoms with Gasteiger partial charge in [0.25, 0.3) is 0 Å². The summed E-state index contributed by atoms with van der Waals surface area (Å²) in [6.07, 6.45) is 5.16. The van der Waals surface area contributed by atoms with Crippen molar-refractivity contribution >= 4 is 22.4 Å². The van der Waals surface area contributed by atoms with E-state index in [9.17, 15) is 8.78 Å². The monoisotopic (exact) mass is 544 g/mol. The van der Waals surface area contributed by atoms with Crippen molar-refractivity contribution < 1.29 is 23.0 Å². The molecule has 1 aliphatic heterocycles. The Kier molecular flexibility index (Phi) is 7.30. The van der Waals surface area contributed by atoms with Gasteiger partial charge >= 0.3 is 0 Å². The summed E-state index contributed by atoms with van der Waals surface area (Å²) in [6, 6.07) is 13.5. The first-order valence-electron chi connectivity index (χ1n) is 12.9. The number of benzene rings is 2. The number of hydrogen-bond acceptors (Lipinski definition) is 8. The highest BCUT2D eigenvalue weighted by Gasteiger charge is 2.22. The van der Waals surface area contributed by atoms with Gasteiger partial charge in [0.15, 0.2) is 12.1 Å². The summed E-state index contributed by atoms with van der Waals surface area (Å²) >= 11 is 0. The van der Waals surface area contributed by atoms with Crippen LogP contribution in [0.25, 0.3) is 22.4 Å². The SMILES string of the molecule is CCOc1cc(F)c(Cn2nc(-c3ncc(CC4OCCO4)c(Nc4ccncc4)n3)c3ccccc32)c(F)c1. The van der Waals surface area contributed by atoms with E-state index in [2.05, 4.69) is 15.3 Å². The fraction of sp³-hybridized carbons (Fsp3) is 0.241. The molecule has 9 nitrogen and oxygen atoms in total. The Labute approximate surface area is 228 Å². The van der Waals surface area contributed by atoms with Crippen molar-refractivity contribution in [2.24, 2.45) is 0 Å². The van der Waals surface area contributed by atoms with Crippen molar-refractivity contribution in [3.63, 3.8) is 0 Å². The Morgan fingerprint density at radius 2 is 1.80 bits per heavy atom. The topological polar surface area (TPSA) is 96.2 Å². The van der Waals surface area contributed by atoms with E-state index in [1.54, 1.807) is 30.2 Å². The van der Waals surface area contributed by atoms with Gasteiger partial charge in [-0.1, -0.05) is 18.2 Å². The van der Waals surface area contributed by atoms with Crippen LogP contribution in [0.5, 0.6) is 5.75 Å². The maximum Gasteiger partial charge on any atom is 0.182 e. The number of anilines is 2. The van der Waals surface area contributed by atoms with Gasteiger partial charge in [0.1, 0.15) is 28.9 Å². The second-order valence-electron chi connectivity index (χ2n) is 9.13. The van der Waals surface area contributed by atoms with Gasteiger partial charge in [-0.25, -0.2) is 18.7 Å². The van der Waals surface area contributed by atoms with E-state index in [4.69, 9.17) is 24.3 Å². The van der Waals surface area contributed by atoms with Crippen LogP contribution in [0.4, 0.5) is 20.3 Å². The zero-order valence-electron chi connectivity index (χ0n) is 21.7. The molecule has 4 heterocycles. The molecule has 204 valence electrons. The number of rotatable bonds is 9. The number of hydrogen-bond donors (Lipinski definition) is 1. The summed E-state index contributed by atoms with van der Waals surface area (Å²) in [5.74, 6) is -0.340. The minimum Gasteiger partial charge on any atom is -0.494 e. The molecule has 0 bridgehead atoms. The lowest BCUT2D eigenvalue weighted by atomic mass is 10.1. The van der Waals surface area contributed by atoms with Crippen LogP contribution >= 0.6 is 0 Å². The van der Waals surface area contributed by atoms with E-state index < -0.39 is 11.6 Å². The van der Waals surface area contributed by atoms with E-state index in [1.807, 2.05) is 36.4 Å². The first kappa shape index (κ1) is 25.8. The molecule has 0 unspecified atom stereocenters. The third-order valence-corrected chi connectivity index (χ3v) is 6.49. The van der Waals surface area contributed by atoms with Crippen molar-refractivity contribution in [1.29, 1.82) is 0 Å². The predicted octanol–water partition coefficient (Wildman–Crippen LogP) is 5.27. The molecule has 1 aliphatic rings. The molecular formula is C29H26F2N6O3. The van der Waals surface area contributed by atoms with Crippen molar-refractivity contribution in [3.8, 4) is 17.3 Å². The molecule has 1 saturated heterocycles. The molecular weight excluding hydrogens is 518 g/mol. The summed E-state index contributed by atoms with van der Waals surface area (Å²) in [4.78, 5) is 13.5. The van der Waals surface area contributed by atoms with Gasteiger partial charge in [-0.3, -0.25) is 9.67 Å². The molecule has 0 amide bonds. The quantitative estimate of drug-likeness (QED) is 0.268. The molecule has 3 aromatic heterocycles. The first-order valence-corrected chi connectivity index (χ1v) is 12.9. The van der Waals surface area contributed by atoms with Crippen LogP contribution in [0.1, 0.15) is 18.1 Å². The van der Waals surface area contributed by atoms with Crippen LogP contribution in [0.2, 0.25) is 0 Å². The third kappa shape index (κ3) is 5.33. The van der Waals surface area contributed by atoms with E-state index in [-0.39, 0.29) is 24.1 Å². The molecule has 1 fully saturated rings. The molecule has 0 saturated carbocycles. The minimum absolute atomic E-state index is 0.115. The second-order valence-corrected chi connectivity index (χ2v) is 9.13. The van der Waals surface area contributed by atoms with Gasteiger partial charge in [0.2, 0.25) is 0 Å². The summed E-state index contributed by atoms with van der Waals surface area (Å²) < 4.78 is 47.9. The second kappa shape index (κ2) is 11.3. The third-order valence-electron chi connectivity index (χ3n) is 6.49. The molecule has 1 N–H and O–H groups in total. The Bertz CT molecular complexity index is 1620. The largest absolute Gasteiger partial charge is 0.494 e. The van der Waals surface area contributed by atoms with Crippen molar-refractivity contribution in [2.45, 2.75) is 26.2 Å². The summed E-state index contributed by atoms with van der Waals surface area (Å²) in [5.41, 5.74) is 2.66. The first-order chi connectivity index (χ1) is 19.6. The number of para-hydroxylation sites is 1. The normalized spacial score (nSPS) is 13.7. The average Bonchev–Trinajstić information content (AvgIpc) is 3.61. The number of ether oxygens (including phenoxy) is 3. The number of nitrogens with zero attached hydrogens (tertiary/aromatic N) is 5. The maximum absolute atomic E-state index is 14.9. The van der Waals surface area contributed by atoms with Crippen molar-refractivity contribution in [3.05, 3.63) is 89.9 Å². The van der Waals surface area contributed by atoms with Crippen LogP contribution in [-0.4, -0.2) is 50.8 Å². The molecule has 2 aromatic carbocycles. The molecule has 6 rings (SSSR count). The lowest BCUT2D eigenvalue weighted by Crippen LogP contribution is -2.14. The molecule has 0 aliphatic carbocycles. The van der Waals surface area contributed by atoms with E-state index in [0.29, 0.717) is 49.1 Å². The molecule has 5 aromatic rings. The van der Waals surface area contributed by atoms with Crippen molar-refractivity contribution in [2.75, 3.05) is 25.1 Å². The summed E-state index contributed by atoms with van der Waals surface area (Å²) in [5, 5.41) is 8.80. The standard InChI is InChI=1S/C29H26F2N6O3/c1-2-38-20-14-23(30)22(24(31)15-20)17-37-25-6-4-3-5-21(25)27(36-37)29-33-16-18(13-26-39-11-12-40-26)28(35-29)34-19-7-9-32-10-8-19/h3-10,14-16,26H,2,11-13,17H2,1H3,(H,32,33,34,35).